The summed E-state index contributed by atoms with van der Waals surface area (Å²) in [6, 6.07) is 24.2. The maximum Gasteiger partial charge on any atom is 0.268 e. The molecule has 1 heterocycles. The lowest BCUT2D eigenvalue weighted by atomic mass is 10.0. The third kappa shape index (κ3) is 5.01. The van der Waals surface area contributed by atoms with E-state index in [-0.39, 0.29) is 24.1 Å². The van der Waals surface area contributed by atoms with Gasteiger partial charge in [0, 0.05) is 17.7 Å². The number of Topliss-reactive ketones (excluding diaryl/α,β-unsaturated/α-hetero) is 1. The zero-order valence-corrected chi connectivity index (χ0v) is 19.4. The van der Waals surface area contributed by atoms with Gasteiger partial charge in [-0.05, 0) is 49.2 Å². The van der Waals surface area contributed by atoms with Gasteiger partial charge in [-0.1, -0.05) is 55.5 Å². The van der Waals surface area contributed by atoms with Crippen molar-refractivity contribution < 1.29 is 19.1 Å². The van der Waals surface area contributed by atoms with Crippen molar-refractivity contribution in [1.29, 1.82) is 0 Å². The Morgan fingerprint density at radius 1 is 0.971 bits per heavy atom. The molecule has 1 aliphatic heterocycles. The first-order valence-corrected chi connectivity index (χ1v) is 11.5. The molecular weight excluding hydrogens is 428 g/mol. The van der Waals surface area contributed by atoms with Gasteiger partial charge in [0.15, 0.2) is 11.9 Å². The van der Waals surface area contributed by atoms with Crippen LogP contribution in [0.5, 0.6) is 5.75 Å². The molecule has 4 rings (SSSR count). The van der Waals surface area contributed by atoms with E-state index in [2.05, 4.69) is 0 Å². The minimum atomic E-state index is -0.725. The fourth-order valence-corrected chi connectivity index (χ4v) is 4.03. The first-order valence-electron chi connectivity index (χ1n) is 11.5. The number of carbonyl (C=O) groups excluding carboxylic acids is 3. The van der Waals surface area contributed by atoms with Gasteiger partial charge in [0.2, 0.25) is 5.91 Å². The van der Waals surface area contributed by atoms with E-state index in [1.54, 1.807) is 30.0 Å². The van der Waals surface area contributed by atoms with Crippen LogP contribution in [0.2, 0.25) is 0 Å². The number of benzene rings is 3. The Morgan fingerprint density at radius 3 is 2.32 bits per heavy atom. The second kappa shape index (κ2) is 10.3. The molecule has 2 amide bonds. The molecule has 0 bridgehead atoms. The summed E-state index contributed by atoms with van der Waals surface area (Å²) in [5, 5.41) is 0. The van der Waals surface area contributed by atoms with Crippen molar-refractivity contribution in [3.05, 3.63) is 90.0 Å². The number of para-hydroxylation sites is 1. The smallest absolute Gasteiger partial charge is 0.268 e. The molecular formula is C28H28N2O4. The highest BCUT2D eigenvalue weighted by atomic mass is 16.5. The average molecular weight is 457 g/mol. The number of nitrogens with zero attached hydrogens (tertiary/aromatic N) is 2. The Kier molecular flexibility index (Phi) is 7.07. The van der Waals surface area contributed by atoms with Gasteiger partial charge in [0.25, 0.3) is 5.91 Å². The molecule has 1 aliphatic rings. The summed E-state index contributed by atoms with van der Waals surface area (Å²) in [5.74, 6) is -0.0534. The maximum absolute atomic E-state index is 13.6. The largest absolute Gasteiger partial charge is 0.479 e. The molecule has 0 spiro atoms. The molecule has 34 heavy (non-hydrogen) atoms. The van der Waals surface area contributed by atoms with Gasteiger partial charge in [-0.15, -0.1) is 0 Å². The molecule has 0 aromatic heterocycles. The van der Waals surface area contributed by atoms with Gasteiger partial charge in [0.05, 0.1) is 12.2 Å². The van der Waals surface area contributed by atoms with E-state index in [0.29, 0.717) is 30.0 Å². The third-order valence-corrected chi connectivity index (χ3v) is 5.81. The summed E-state index contributed by atoms with van der Waals surface area (Å²) in [4.78, 5) is 42.3. The molecule has 3 aromatic carbocycles. The summed E-state index contributed by atoms with van der Waals surface area (Å²) in [6.07, 6.45) is 0.425. The second-order valence-electron chi connectivity index (χ2n) is 8.34. The average Bonchev–Trinajstić information content (AvgIpc) is 2.86. The Balaban J connectivity index is 1.66. The lowest BCUT2D eigenvalue weighted by molar-refractivity contribution is -0.127. The lowest BCUT2D eigenvalue weighted by Crippen LogP contribution is -2.49. The zero-order valence-electron chi connectivity index (χ0n) is 19.4. The van der Waals surface area contributed by atoms with E-state index < -0.39 is 6.10 Å². The molecule has 0 saturated heterocycles. The summed E-state index contributed by atoms with van der Waals surface area (Å²) < 4.78 is 5.76. The Hall–Kier alpha value is -3.93. The van der Waals surface area contributed by atoms with E-state index in [1.807, 2.05) is 67.6 Å². The molecule has 174 valence electrons. The van der Waals surface area contributed by atoms with E-state index in [1.165, 1.54) is 4.90 Å². The Morgan fingerprint density at radius 2 is 1.65 bits per heavy atom. The van der Waals surface area contributed by atoms with Gasteiger partial charge in [-0.25, -0.2) is 0 Å². The molecule has 0 fully saturated rings. The summed E-state index contributed by atoms with van der Waals surface area (Å²) in [5.41, 5.74) is 2.69. The molecule has 6 nitrogen and oxygen atoms in total. The SMILES string of the molecule is CCCC(=O)c1ccc2c(c1)N(CC(=O)N(Cc1ccccc1)c1ccccc1)C(=O)C(C)O2. The molecule has 1 atom stereocenters. The van der Waals surface area contributed by atoms with E-state index in [9.17, 15) is 14.4 Å². The minimum Gasteiger partial charge on any atom is -0.479 e. The van der Waals surface area contributed by atoms with Crippen molar-refractivity contribution in [2.24, 2.45) is 0 Å². The quantitative estimate of drug-likeness (QED) is 0.447. The highest BCUT2D eigenvalue weighted by molar-refractivity contribution is 6.08. The third-order valence-electron chi connectivity index (χ3n) is 5.81. The molecule has 3 aromatic rings. The second-order valence-corrected chi connectivity index (χ2v) is 8.34. The van der Waals surface area contributed by atoms with Gasteiger partial charge in [-0.3, -0.25) is 19.3 Å². The number of ether oxygens (including phenoxy) is 1. The minimum absolute atomic E-state index is 0.00219. The van der Waals surface area contributed by atoms with Gasteiger partial charge < -0.3 is 9.64 Å². The summed E-state index contributed by atoms with van der Waals surface area (Å²) >= 11 is 0. The maximum atomic E-state index is 13.6. The number of rotatable bonds is 8. The van der Waals surface area contributed by atoms with Crippen LogP contribution in [-0.4, -0.2) is 30.2 Å². The number of anilines is 2. The number of fused-ring (bicyclic) bond motifs is 1. The molecule has 1 unspecified atom stereocenters. The van der Waals surface area contributed by atoms with Crippen LogP contribution in [0.4, 0.5) is 11.4 Å². The fraction of sp³-hybridized carbons (Fsp3) is 0.250. The van der Waals surface area contributed by atoms with Crippen molar-refractivity contribution in [3.63, 3.8) is 0 Å². The van der Waals surface area contributed by atoms with Crippen LogP contribution in [-0.2, 0) is 16.1 Å². The van der Waals surface area contributed by atoms with Crippen LogP contribution in [0.3, 0.4) is 0 Å². The van der Waals surface area contributed by atoms with Crippen LogP contribution in [0.1, 0.15) is 42.6 Å². The molecule has 6 heteroatoms. The first kappa shape index (κ1) is 23.2. The standard InChI is InChI=1S/C28H28N2O4/c1-3-10-25(31)22-15-16-26-24(17-22)30(28(33)20(2)34-26)19-27(32)29(23-13-8-5-9-14-23)18-21-11-6-4-7-12-21/h4-9,11-17,20H,3,10,18-19H2,1-2H3. The van der Waals surface area contributed by atoms with Crippen molar-refractivity contribution in [2.75, 3.05) is 16.3 Å². The Bertz CT molecular complexity index is 1180. The van der Waals surface area contributed by atoms with Gasteiger partial charge >= 0.3 is 0 Å². The fourth-order valence-electron chi connectivity index (χ4n) is 4.03. The summed E-state index contributed by atoms with van der Waals surface area (Å²) in [7, 11) is 0. The van der Waals surface area contributed by atoms with Crippen LogP contribution in [0, 0.1) is 0 Å². The van der Waals surface area contributed by atoms with Crippen LogP contribution < -0.4 is 14.5 Å². The number of amides is 2. The highest BCUT2D eigenvalue weighted by Gasteiger charge is 2.34. The van der Waals surface area contributed by atoms with Crippen LogP contribution in [0.25, 0.3) is 0 Å². The predicted molar refractivity (Wildman–Crippen MR) is 132 cm³/mol. The zero-order chi connectivity index (χ0) is 24.1. The normalized spacial score (nSPS) is 14.8. The van der Waals surface area contributed by atoms with Crippen LogP contribution >= 0.6 is 0 Å². The van der Waals surface area contributed by atoms with E-state index >= 15 is 0 Å². The van der Waals surface area contributed by atoms with Crippen molar-refractivity contribution in [2.45, 2.75) is 39.3 Å². The Labute approximate surface area is 199 Å². The topological polar surface area (TPSA) is 66.9 Å². The highest BCUT2D eigenvalue weighted by Crippen LogP contribution is 2.35. The monoisotopic (exact) mass is 456 g/mol. The molecule has 0 saturated carbocycles. The van der Waals surface area contributed by atoms with Crippen molar-refractivity contribution in [3.8, 4) is 5.75 Å². The van der Waals surface area contributed by atoms with Crippen molar-refractivity contribution in [1.82, 2.24) is 0 Å². The van der Waals surface area contributed by atoms with Crippen LogP contribution in [0.15, 0.2) is 78.9 Å². The van der Waals surface area contributed by atoms with Gasteiger partial charge in [0.1, 0.15) is 12.3 Å². The van der Waals surface area contributed by atoms with Crippen molar-refractivity contribution >= 4 is 29.0 Å². The molecule has 0 aliphatic carbocycles. The number of ketones is 1. The molecule has 0 radical (unpaired) electrons. The first-order chi connectivity index (χ1) is 16.5. The predicted octanol–water partition coefficient (Wildman–Crippen LogP) is 5.02. The van der Waals surface area contributed by atoms with E-state index in [4.69, 9.17) is 4.74 Å². The summed E-state index contributed by atoms with van der Waals surface area (Å²) in [6.45, 7) is 3.82. The number of hydrogen-bond acceptors (Lipinski definition) is 4. The number of hydrogen-bond donors (Lipinski definition) is 0. The lowest BCUT2D eigenvalue weighted by Gasteiger charge is -2.34. The van der Waals surface area contributed by atoms with E-state index in [0.717, 1.165) is 17.7 Å². The number of carbonyl (C=O) groups is 3. The molecule has 0 N–H and O–H groups in total. The van der Waals surface area contributed by atoms with Gasteiger partial charge in [-0.2, -0.15) is 0 Å².